The number of piperidine rings is 1. The van der Waals surface area contributed by atoms with Crippen LogP contribution in [-0.2, 0) is 7.05 Å². The van der Waals surface area contributed by atoms with Crippen molar-refractivity contribution in [3.8, 4) is 0 Å². The molecule has 4 rings (SSSR count). The summed E-state index contributed by atoms with van der Waals surface area (Å²) in [6.07, 6.45) is 10.9. The summed E-state index contributed by atoms with van der Waals surface area (Å²) in [6, 6.07) is 0. The van der Waals surface area contributed by atoms with Gasteiger partial charge in [-0.05, 0) is 12.8 Å². The zero-order valence-electron chi connectivity index (χ0n) is 12.4. The molecule has 3 aromatic rings. The molecule has 0 unspecified atom stereocenters. The Hall–Kier alpha value is -2.57. The van der Waals surface area contributed by atoms with E-state index in [2.05, 4.69) is 29.9 Å². The first kappa shape index (κ1) is 13.1. The Morgan fingerprint density at radius 1 is 1.09 bits per heavy atom. The van der Waals surface area contributed by atoms with Crippen molar-refractivity contribution in [2.24, 2.45) is 7.05 Å². The van der Waals surface area contributed by atoms with Crippen LogP contribution in [0.25, 0.3) is 11.2 Å². The summed E-state index contributed by atoms with van der Waals surface area (Å²) in [4.78, 5) is 19.7. The number of hydrogen-bond acceptors (Lipinski definition) is 6. The maximum absolute atomic E-state index is 4.67. The van der Waals surface area contributed by atoms with Gasteiger partial charge in [0, 0.05) is 50.8 Å². The van der Waals surface area contributed by atoms with Crippen LogP contribution in [0.1, 0.15) is 24.5 Å². The summed E-state index contributed by atoms with van der Waals surface area (Å²) < 4.78 is 1.82. The molecule has 22 heavy (non-hydrogen) atoms. The third kappa shape index (κ3) is 2.18. The molecule has 1 saturated heterocycles. The fourth-order valence-electron chi connectivity index (χ4n) is 3.14. The predicted octanol–water partition coefficient (Wildman–Crippen LogP) is 1.54. The molecule has 0 radical (unpaired) electrons. The molecule has 7 heteroatoms. The van der Waals surface area contributed by atoms with Gasteiger partial charge in [-0.25, -0.2) is 19.6 Å². The van der Waals surface area contributed by atoms with Crippen molar-refractivity contribution < 1.29 is 0 Å². The molecule has 1 fully saturated rings. The number of hydrogen-bond donors (Lipinski definition) is 0. The molecule has 0 amide bonds. The van der Waals surface area contributed by atoms with Gasteiger partial charge in [0.15, 0.2) is 5.65 Å². The minimum absolute atomic E-state index is 0.344. The van der Waals surface area contributed by atoms with E-state index in [9.17, 15) is 0 Å². The van der Waals surface area contributed by atoms with Gasteiger partial charge in [0.25, 0.3) is 0 Å². The van der Waals surface area contributed by atoms with E-state index in [0.717, 1.165) is 48.6 Å². The van der Waals surface area contributed by atoms with E-state index in [0.29, 0.717) is 5.92 Å². The van der Waals surface area contributed by atoms with E-state index in [-0.39, 0.29) is 0 Å². The Bertz CT molecular complexity index is 783. The van der Waals surface area contributed by atoms with Crippen LogP contribution in [0.3, 0.4) is 0 Å². The zero-order chi connectivity index (χ0) is 14.9. The van der Waals surface area contributed by atoms with E-state index in [1.54, 1.807) is 24.8 Å². The fraction of sp³-hybridized carbons (Fsp3) is 0.400. The SMILES string of the molecule is Cn1nc([C@@H]2CCCN(c3cnccn3)C2)c2nccnc21. The quantitative estimate of drug-likeness (QED) is 0.714. The molecule has 0 N–H and O–H groups in total. The molecule has 1 aliphatic heterocycles. The lowest BCUT2D eigenvalue weighted by Gasteiger charge is -2.32. The van der Waals surface area contributed by atoms with Gasteiger partial charge in [0.1, 0.15) is 11.3 Å². The maximum atomic E-state index is 4.67. The third-order valence-corrected chi connectivity index (χ3v) is 4.17. The first-order valence-corrected chi connectivity index (χ1v) is 7.47. The van der Waals surface area contributed by atoms with Gasteiger partial charge in [-0.15, -0.1) is 0 Å². The lowest BCUT2D eigenvalue weighted by atomic mass is 9.94. The highest BCUT2D eigenvalue weighted by Gasteiger charge is 2.27. The lowest BCUT2D eigenvalue weighted by Crippen LogP contribution is -2.35. The Kier molecular flexibility index (Phi) is 3.17. The van der Waals surface area contributed by atoms with Crippen molar-refractivity contribution in [1.29, 1.82) is 0 Å². The number of anilines is 1. The molecule has 7 nitrogen and oxygen atoms in total. The molecule has 0 aromatic carbocycles. The number of nitrogens with zero attached hydrogens (tertiary/aromatic N) is 7. The molecule has 3 aromatic heterocycles. The number of fused-ring (bicyclic) bond motifs is 1. The van der Waals surface area contributed by atoms with Crippen LogP contribution >= 0.6 is 0 Å². The molecule has 4 heterocycles. The second kappa shape index (κ2) is 5.32. The summed E-state index contributed by atoms with van der Waals surface area (Å²) in [7, 11) is 1.92. The molecule has 1 atom stereocenters. The molecular weight excluding hydrogens is 278 g/mol. The Morgan fingerprint density at radius 2 is 1.95 bits per heavy atom. The Balaban J connectivity index is 1.67. The minimum atomic E-state index is 0.344. The second-order valence-corrected chi connectivity index (χ2v) is 5.59. The smallest absolute Gasteiger partial charge is 0.176 e. The largest absolute Gasteiger partial charge is 0.355 e. The summed E-state index contributed by atoms with van der Waals surface area (Å²) >= 11 is 0. The molecule has 0 saturated carbocycles. The number of aryl methyl sites for hydroxylation is 1. The number of rotatable bonds is 2. The molecule has 112 valence electrons. The minimum Gasteiger partial charge on any atom is -0.355 e. The normalized spacial score (nSPS) is 18.8. The van der Waals surface area contributed by atoms with Gasteiger partial charge in [-0.2, -0.15) is 5.10 Å². The average molecular weight is 295 g/mol. The van der Waals surface area contributed by atoms with Gasteiger partial charge in [-0.1, -0.05) is 0 Å². The highest BCUT2D eigenvalue weighted by atomic mass is 15.3. The standard InChI is InChI=1S/C15H17N7/c1-21-15-14(18-6-7-19-15)13(20-21)11-3-2-8-22(10-11)12-9-16-4-5-17-12/h4-7,9,11H,2-3,8,10H2,1H3/t11-/m1/s1. The van der Waals surface area contributed by atoms with Crippen molar-refractivity contribution in [1.82, 2.24) is 29.7 Å². The van der Waals surface area contributed by atoms with Gasteiger partial charge in [0.05, 0.1) is 11.9 Å². The monoisotopic (exact) mass is 295 g/mol. The van der Waals surface area contributed by atoms with E-state index >= 15 is 0 Å². The zero-order valence-corrected chi connectivity index (χ0v) is 12.4. The Morgan fingerprint density at radius 3 is 2.82 bits per heavy atom. The van der Waals surface area contributed by atoms with Crippen molar-refractivity contribution in [3.63, 3.8) is 0 Å². The molecule has 1 aliphatic rings. The van der Waals surface area contributed by atoms with Crippen LogP contribution < -0.4 is 4.90 Å². The van der Waals surface area contributed by atoms with Crippen LogP contribution in [0, 0.1) is 0 Å². The van der Waals surface area contributed by atoms with E-state index < -0.39 is 0 Å². The van der Waals surface area contributed by atoms with Crippen LogP contribution in [0.2, 0.25) is 0 Å². The van der Waals surface area contributed by atoms with Gasteiger partial charge in [0.2, 0.25) is 0 Å². The maximum Gasteiger partial charge on any atom is 0.176 e. The van der Waals surface area contributed by atoms with Crippen molar-refractivity contribution in [3.05, 3.63) is 36.7 Å². The first-order chi connectivity index (χ1) is 10.8. The van der Waals surface area contributed by atoms with Gasteiger partial charge < -0.3 is 4.90 Å². The second-order valence-electron chi connectivity index (χ2n) is 5.59. The highest BCUT2D eigenvalue weighted by Crippen LogP contribution is 2.31. The summed E-state index contributed by atoms with van der Waals surface area (Å²) in [6.45, 7) is 1.90. The average Bonchev–Trinajstić information content (AvgIpc) is 2.93. The van der Waals surface area contributed by atoms with Gasteiger partial charge >= 0.3 is 0 Å². The molecule has 0 bridgehead atoms. The van der Waals surface area contributed by atoms with Gasteiger partial charge in [-0.3, -0.25) is 4.98 Å². The van der Waals surface area contributed by atoms with Crippen LogP contribution in [0.5, 0.6) is 0 Å². The first-order valence-electron chi connectivity index (χ1n) is 7.47. The van der Waals surface area contributed by atoms with E-state index in [4.69, 9.17) is 0 Å². The van der Waals surface area contributed by atoms with E-state index in [1.165, 1.54) is 0 Å². The van der Waals surface area contributed by atoms with E-state index in [1.807, 2.05) is 17.9 Å². The van der Waals surface area contributed by atoms with Crippen molar-refractivity contribution >= 4 is 17.0 Å². The molecule has 0 spiro atoms. The van der Waals surface area contributed by atoms with Crippen LogP contribution in [-0.4, -0.2) is 42.8 Å². The number of aromatic nitrogens is 6. The van der Waals surface area contributed by atoms with Crippen molar-refractivity contribution in [2.75, 3.05) is 18.0 Å². The highest BCUT2D eigenvalue weighted by molar-refractivity contribution is 5.73. The molecular formula is C15H17N7. The lowest BCUT2D eigenvalue weighted by molar-refractivity contribution is 0.495. The fourth-order valence-corrected chi connectivity index (χ4v) is 3.14. The summed E-state index contributed by atoms with van der Waals surface area (Å²) in [5.41, 5.74) is 2.80. The predicted molar refractivity (Wildman–Crippen MR) is 82.5 cm³/mol. The Labute approximate surface area is 128 Å². The van der Waals surface area contributed by atoms with Crippen LogP contribution in [0.4, 0.5) is 5.82 Å². The molecule has 0 aliphatic carbocycles. The van der Waals surface area contributed by atoms with Crippen LogP contribution in [0.15, 0.2) is 31.0 Å². The summed E-state index contributed by atoms with van der Waals surface area (Å²) in [5, 5.41) is 4.67. The third-order valence-electron chi connectivity index (χ3n) is 4.17. The topological polar surface area (TPSA) is 72.6 Å². The summed E-state index contributed by atoms with van der Waals surface area (Å²) in [5.74, 6) is 1.27. The van der Waals surface area contributed by atoms with Crippen molar-refractivity contribution in [2.45, 2.75) is 18.8 Å².